The largest absolute Gasteiger partial charge is 0.396 e. The summed E-state index contributed by atoms with van der Waals surface area (Å²) >= 11 is 0. The van der Waals surface area contributed by atoms with Gasteiger partial charge >= 0.3 is 0 Å². The Morgan fingerprint density at radius 1 is 1.39 bits per heavy atom. The van der Waals surface area contributed by atoms with E-state index < -0.39 is 0 Å². The van der Waals surface area contributed by atoms with Gasteiger partial charge in [-0.25, -0.2) is 4.39 Å². The Kier molecular flexibility index (Phi) is 2.16. The Hall–Kier alpha value is -2.30. The quantitative estimate of drug-likeness (QED) is 0.691. The Morgan fingerprint density at radius 3 is 2.83 bits per heavy atom. The molecule has 0 aliphatic heterocycles. The van der Waals surface area contributed by atoms with Gasteiger partial charge in [0.05, 0.1) is 17.6 Å². The van der Waals surface area contributed by atoms with E-state index in [0.29, 0.717) is 5.69 Å². The van der Waals surface area contributed by atoms with Crippen molar-refractivity contribution >= 4 is 16.6 Å². The van der Waals surface area contributed by atoms with E-state index >= 15 is 0 Å². The van der Waals surface area contributed by atoms with Crippen molar-refractivity contribution in [2.75, 3.05) is 5.73 Å². The zero-order valence-electron chi connectivity index (χ0n) is 10.2. The summed E-state index contributed by atoms with van der Waals surface area (Å²) in [5.74, 6) is -0.261. The Labute approximate surface area is 103 Å². The minimum atomic E-state index is -0.261. The van der Waals surface area contributed by atoms with Crippen LogP contribution < -0.4 is 5.73 Å². The molecule has 0 aliphatic carbocycles. The fraction of sp³-hybridized carbons (Fsp3) is 0.154. The second-order valence-corrected chi connectivity index (χ2v) is 4.39. The highest BCUT2D eigenvalue weighted by Gasteiger charge is 2.16. The highest BCUT2D eigenvalue weighted by atomic mass is 19.1. The molecular formula is C13H13FN4. The van der Waals surface area contributed by atoms with Gasteiger partial charge in [0.1, 0.15) is 5.82 Å². The number of H-pyrrole nitrogens is 1. The summed E-state index contributed by atoms with van der Waals surface area (Å²) in [6, 6.07) is 4.68. The smallest absolute Gasteiger partial charge is 0.123 e. The van der Waals surface area contributed by atoms with Crippen molar-refractivity contribution in [3.05, 3.63) is 35.9 Å². The molecule has 3 aromatic rings. The van der Waals surface area contributed by atoms with Crippen LogP contribution in [-0.2, 0) is 7.05 Å². The molecule has 2 heterocycles. The summed E-state index contributed by atoms with van der Waals surface area (Å²) in [4.78, 5) is 3.23. The van der Waals surface area contributed by atoms with E-state index in [0.717, 1.165) is 27.9 Å². The topological polar surface area (TPSA) is 59.6 Å². The number of rotatable bonds is 1. The van der Waals surface area contributed by atoms with Crippen LogP contribution in [0.25, 0.3) is 22.2 Å². The minimum absolute atomic E-state index is 0.261. The number of nitrogens with zero attached hydrogens (tertiary/aromatic N) is 2. The van der Waals surface area contributed by atoms with Crippen molar-refractivity contribution in [1.29, 1.82) is 0 Å². The molecule has 1 aromatic carbocycles. The van der Waals surface area contributed by atoms with Gasteiger partial charge in [-0.2, -0.15) is 5.10 Å². The molecule has 0 amide bonds. The number of hydrogen-bond acceptors (Lipinski definition) is 2. The number of aryl methyl sites for hydroxylation is 2. The van der Waals surface area contributed by atoms with Gasteiger partial charge in [-0.3, -0.25) is 4.68 Å². The Balaban J connectivity index is 2.41. The molecule has 0 saturated carbocycles. The van der Waals surface area contributed by atoms with Crippen molar-refractivity contribution in [3.8, 4) is 11.3 Å². The Morgan fingerprint density at radius 2 is 2.17 bits per heavy atom. The van der Waals surface area contributed by atoms with Gasteiger partial charge in [-0.05, 0) is 25.1 Å². The van der Waals surface area contributed by atoms with Gasteiger partial charge in [-0.15, -0.1) is 0 Å². The molecule has 3 N–H and O–H groups in total. The first-order chi connectivity index (χ1) is 8.58. The number of aromatic nitrogens is 3. The second-order valence-electron chi connectivity index (χ2n) is 4.39. The molecule has 5 heteroatoms. The van der Waals surface area contributed by atoms with E-state index in [-0.39, 0.29) is 5.82 Å². The maximum Gasteiger partial charge on any atom is 0.123 e. The summed E-state index contributed by atoms with van der Waals surface area (Å²) in [7, 11) is 1.82. The lowest BCUT2D eigenvalue weighted by Crippen LogP contribution is -1.96. The molecule has 4 nitrogen and oxygen atoms in total. The summed E-state index contributed by atoms with van der Waals surface area (Å²) in [6.45, 7) is 1.94. The molecule has 0 bridgehead atoms. The van der Waals surface area contributed by atoms with Crippen LogP contribution in [0.4, 0.5) is 10.1 Å². The number of benzene rings is 1. The molecule has 0 radical (unpaired) electrons. The summed E-state index contributed by atoms with van der Waals surface area (Å²) in [5, 5.41) is 4.95. The zero-order valence-corrected chi connectivity index (χ0v) is 10.2. The molecule has 0 unspecified atom stereocenters. The van der Waals surface area contributed by atoms with Gasteiger partial charge in [0.2, 0.25) is 0 Å². The third-order valence-electron chi connectivity index (χ3n) is 3.15. The molecule has 0 atom stereocenters. The van der Waals surface area contributed by atoms with E-state index in [1.54, 1.807) is 16.9 Å². The highest BCUT2D eigenvalue weighted by Crippen LogP contribution is 2.35. The van der Waals surface area contributed by atoms with Crippen LogP contribution in [0.5, 0.6) is 0 Å². The monoisotopic (exact) mass is 244 g/mol. The van der Waals surface area contributed by atoms with Crippen LogP contribution >= 0.6 is 0 Å². The first-order valence-electron chi connectivity index (χ1n) is 5.63. The van der Waals surface area contributed by atoms with Crippen LogP contribution in [0.2, 0.25) is 0 Å². The maximum absolute atomic E-state index is 13.4. The number of aromatic amines is 1. The van der Waals surface area contributed by atoms with Gasteiger partial charge < -0.3 is 10.7 Å². The number of nitrogens with one attached hydrogen (secondary N) is 1. The lowest BCUT2D eigenvalue weighted by Gasteiger charge is -2.04. The minimum Gasteiger partial charge on any atom is -0.396 e. The fourth-order valence-corrected chi connectivity index (χ4v) is 2.36. The van der Waals surface area contributed by atoms with E-state index in [1.807, 2.05) is 14.0 Å². The first kappa shape index (κ1) is 10.8. The van der Waals surface area contributed by atoms with E-state index in [9.17, 15) is 4.39 Å². The standard InChI is InChI=1S/C13H13FN4/c1-7-12(13-10(15)6-16-18(13)2)9-5-8(14)3-4-11(9)17-7/h3-6,17H,15H2,1-2H3. The lowest BCUT2D eigenvalue weighted by molar-refractivity contribution is 0.629. The average molecular weight is 244 g/mol. The molecule has 0 aliphatic rings. The third-order valence-corrected chi connectivity index (χ3v) is 3.15. The van der Waals surface area contributed by atoms with E-state index in [2.05, 4.69) is 10.1 Å². The molecule has 0 spiro atoms. The molecule has 0 fully saturated rings. The SMILES string of the molecule is Cc1[nH]c2ccc(F)cc2c1-c1c(N)cnn1C. The third kappa shape index (κ3) is 1.40. The molecule has 3 rings (SSSR count). The van der Waals surface area contributed by atoms with Crippen LogP contribution in [0.3, 0.4) is 0 Å². The van der Waals surface area contributed by atoms with Crippen molar-refractivity contribution in [1.82, 2.24) is 14.8 Å². The molecule has 92 valence electrons. The number of anilines is 1. The summed E-state index contributed by atoms with van der Waals surface area (Å²) in [6.07, 6.45) is 1.60. The summed E-state index contributed by atoms with van der Waals surface area (Å²) in [5.41, 5.74) is 10.1. The summed E-state index contributed by atoms with van der Waals surface area (Å²) < 4.78 is 15.1. The second kappa shape index (κ2) is 3.60. The Bertz CT molecular complexity index is 719. The van der Waals surface area contributed by atoms with Crippen LogP contribution in [0.1, 0.15) is 5.69 Å². The zero-order chi connectivity index (χ0) is 12.9. The number of hydrogen-bond donors (Lipinski definition) is 2. The van der Waals surface area contributed by atoms with Crippen molar-refractivity contribution in [3.63, 3.8) is 0 Å². The van der Waals surface area contributed by atoms with Crippen molar-refractivity contribution in [2.24, 2.45) is 7.05 Å². The number of nitrogens with two attached hydrogens (primary N) is 1. The normalized spacial score (nSPS) is 11.3. The van der Waals surface area contributed by atoms with Crippen LogP contribution in [-0.4, -0.2) is 14.8 Å². The molecule has 0 saturated heterocycles. The number of nitrogen functional groups attached to an aromatic ring is 1. The lowest BCUT2D eigenvalue weighted by atomic mass is 10.1. The number of halogens is 1. The van der Waals surface area contributed by atoms with Gasteiger partial charge in [0.15, 0.2) is 0 Å². The first-order valence-corrected chi connectivity index (χ1v) is 5.63. The molecular weight excluding hydrogens is 231 g/mol. The predicted molar refractivity (Wildman–Crippen MR) is 69.6 cm³/mol. The van der Waals surface area contributed by atoms with Crippen LogP contribution in [0, 0.1) is 12.7 Å². The maximum atomic E-state index is 13.4. The van der Waals surface area contributed by atoms with Crippen molar-refractivity contribution in [2.45, 2.75) is 6.92 Å². The van der Waals surface area contributed by atoms with Crippen LogP contribution in [0.15, 0.2) is 24.4 Å². The predicted octanol–water partition coefficient (Wildman–Crippen LogP) is 2.60. The van der Waals surface area contributed by atoms with E-state index in [4.69, 9.17) is 5.73 Å². The van der Waals surface area contributed by atoms with E-state index in [1.165, 1.54) is 12.1 Å². The fourth-order valence-electron chi connectivity index (χ4n) is 2.36. The van der Waals surface area contributed by atoms with Crippen molar-refractivity contribution < 1.29 is 4.39 Å². The molecule has 18 heavy (non-hydrogen) atoms. The van der Waals surface area contributed by atoms with Gasteiger partial charge in [0.25, 0.3) is 0 Å². The average Bonchev–Trinajstić information content (AvgIpc) is 2.80. The highest BCUT2D eigenvalue weighted by molar-refractivity contribution is 5.99. The van der Waals surface area contributed by atoms with Gasteiger partial charge in [0, 0.05) is 29.2 Å². The number of fused-ring (bicyclic) bond motifs is 1. The molecule has 2 aromatic heterocycles. The van der Waals surface area contributed by atoms with Gasteiger partial charge in [-0.1, -0.05) is 0 Å².